The molecule has 0 fully saturated rings. The number of nitrogens with zero attached hydrogens (tertiary/aromatic N) is 1. The zero-order chi connectivity index (χ0) is 13.1. The summed E-state index contributed by atoms with van der Waals surface area (Å²) in [6.45, 7) is 1.07. The Hall–Kier alpha value is -0.810. The third-order valence-electron chi connectivity index (χ3n) is 2.49. The second-order valence-corrected chi connectivity index (χ2v) is 5.61. The van der Waals surface area contributed by atoms with E-state index in [4.69, 9.17) is 16.3 Å². The van der Waals surface area contributed by atoms with Crippen LogP contribution in [0.4, 0.5) is 0 Å². The van der Waals surface area contributed by atoms with Crippen LogP contribution in [0.1, 0.15) is 9.67 Å². The molecule has 0 radical (unpaired) electrons. The first-order valence-electron chi connectivity index (χ1n) is 5.58. The molecule has 0 aliphatic carbocycles. The minimum atomic E-state index is -0.344. The van der Waals surface area contributed by atoms with Crippen molar-refractivity contribution in [3.63, 3.8) is 0 Å². The number of carbonyl (C=O) groups excluding carboxylic acids is 1. The maximum Gasteiger partial charge on any atom is 0.349 e. The molecule has 0 aliphatic heterocycles. The topological polar surface area (TPSA) is 29.5 Å². The SMILES string of the molecule is CN(C)CCOC(=O)c1sc2ccccc2c1Cl.[Cl-]. The van der Waals surface area contributed by atoms with Gasteiger partial charge in [0, 0.05) is 16.6 Å². The number of hydrogen-bond donors (Lipinski definition) is 0. The van der Waals surface area contributed by atoms with Crippen molar-refractivity contribution in [2.75, 3.05) is 27.2 Å². The largest absolute Gasteiger partial charge is 1.00 e. The maximum atomic E-state index is 11.9. The van der Waals surface area contributed by atoms with E-state index in [1.807, 2.05) is 43.3 Å². The van der Waals surface area contributed by atoms with E-state index in [0.29, 0.717) is 23.1 Å². The zero-order valence-corrected chi connectivity index (χ0v) is 13.0. The first-order valence-corrected chi connectivity index (χ1v) is 6.78. The maximum absolute atomic E-state index is 11.9. The van der Waals surface area contributed by atoms with Crippen LogP contribution >= 0.6 is 22.9 Å². The molecule has 104 valence electrons. The van der Waals surface area contributed by atoms with Crippen LogP contribution in [-0.2, 0) is 4.74 Å². The van der Waals surface area contributed by atoms with Crippen molar-refractivity contribution in [3.8, 4) is 0 Å². The Bertz CT molecular complexity index is 569. The highest BCUT2D eigenvalue weighted by atomic mass is 35.5. The monoisotopic (exact) mass is 318 g/mol. The van der Waals surface area contributed by atoms with Crippen LogP contribution in [0.2, 0.25) is 5.02 Å². The number of likely N-dealkylation sites (N-methyl/N-ethyl adjacent to an activating group) is 1. The van der Waals surface area contributed by atoms with Crippen LogP contribution in [0.3, 0.4) is 0 Å². The molecule has 0 aliphatic rings. The molecule has 0 atom stereocenters. The summed E-state index contributed by atoms with van der Waals surface area (Å²) in [6.07, 6.45) is 0. The van der Waals surface area contributed by atoms with E-state index < -0.39 is 0 Å². The minimum Gasteiger partial charge on any atom is -1.00 e. The average molecular weight is 319 g/mol. The summed E-state index contributed by atoms with van der Waals surface area (Å²) in [4.78, 5) is 14.3. The Kier molecular flexibility index (Phi) is 6.07. The van der Waals surface area contributed by atoms with Crippen molar-refractivity contribution in [2.45, 2.75) is 0 Å². The van der Waals surface area contributed by atoms with Crippen LogP contribution in [0.5, 0.6) is 0 Å². The predicted molar refractivity (Wildman–Crippen MR) is 75.7 cm³/mol. The van der Waals surface area contributed by atoms with E-state index in [9.17, 15) is 4.79 Å². The zero-order valence-electron chi connectivity index (χ0n) is 10.7. The van der Waals surface area contributed by atoms with Gasteiger partial charge in [0.1, 0.15) is 11.5 Å². The number of fused-ring (bicyclic) bond motifs is 1. The van der Waals surface area contributed by atoms with E-state index in [0.717, 1.165) is 10.1 Å². The summed E-state index contributed by atoms with van der Waals surface area (Å²) in [6, 6.07) is 7.69. The van der Waals surface area contributed by atoms with Gasteiger partial charge in [-0.2, -0.15) is 0 Å². The number of esters is 1. The molecule has 0 amide bonds. The molecule has 6 heteroatoms. The minimum absolute atomic E-state index is 0. The quantitative estimate of drug-likeness (QED) is 0.758. The Morgan fingerprint density at radius 1 is 1.37 bits per heavy atom. The van der Waals surface area contributed by atoms with E-state index in [1.165, 1.54) is 11.3 Å². The van der Waals surface area contributed by atoms with Gasteiger partial charge in [-0.05, 0) is 20.2 Å². The van der Waals surface area contributed by atoms with Crippen LogP contribution in [-0.4, -0.2) is 38.1 Å². The molecule has 1 aromatic heterocycles. The Balaban J connectivity index is 0.00000180. The van der Waals surface area contributed by atoms with Gasteiger partial charge in [-0.1, -0.05) is 29.8 Å². The van der Waals surface area contributed by atoms with Gasteiger partial charge in [-0.25, -0.2) is 4.79 Å². The van der Waals surface area contributed by atoms with Gasteiger partial charge in [-0.15, -0.1) is 11.3 Å². The third kappa shape index (κ3) is 3.83. The molecular weight excluding hydrogens is 305 g/mol. The fourth-order valence-corrected chi connectivity index (χ4v) is 2.93. The van der Waals surface area contributed by atoms with Crippen LogP contribution < -0.4 is 12.4 Å². The van der Waals surface area contributed by atoms with Crippen molar-refractivity contribution in [3.05, 3.63) is 34.2 Å². The summed E-state index contributed by atoms with van der Waals surface area (Å²) in [5, 5.41) is 1.40. The fourth-order valence-electron chi connectivity index (χ4n) is 1.53. The van der Waals surface area contributed by atoms with Crippen molar-refractivity contribution < 1.29 is 21.9 Å². The standard InChI is InChI=1S/C13H14ClNO2S.ClH/c1-15(2)7-8-17-13(16)12-11(14)9-5-3-4-6-10(9)18-12;/h3-6H,7-8H2,1-2H3;1H/p-1. The molecule has 1 heterocycles. The van der Waals surface area contributed by atoms with Gasteiger partial charge in [0.25, 0.3) is 0 Å². The molecular formula is C13H14Cl2NO2S-. The third-order valence-corrected chi connectivity index (χ3v) is 4.15. The van der Waals surface area contributed by atoms with Gasteiger partial charge in [0.2, 0.25) is 0 Å². The van der Waals surface area contributed by atoms with E-state index in [1.54, 1.807) is 0 Å². The lowest BCUT2D eigenvalue weighted by molar-refractivity contribution is -0.0000228. The number of thiophene rings is 1. The van der Waals surface area contributed by atoms with Crippen LogP contribution in [0, 0.1) is 0 Å². The molecule has 0 spiro atoms. The molecule has 0 saturated heterocycles. The summed E-state index contributed by atoms with van der Waals surface area (Å²) >= 11 is 7.56. The summed E-state index contributed by atoms with van der Waals surface area (Å²) in [5.41, 5.74) is 0. The summed E-state index contributed by atoms with van der Waals surface area (Å²) < 4.78 is 6.20. The van der Waals surface area contributed by atoms with Crippen molar-refractivity contribution in [1.82, 2.24) is 4.90 Å². The Labute approximate surface area is 127 Å². The molecule has 0 unspecified atom stereocenters. The molecule has 19 heavy (non-hydrogen) atoms. The predicted octanol–water partition coefficient (Wildman–Crippen LogP) is 0.277. The summed E-state index contributed by atoms with van der Waals surface area (Å²) in [7, 11) is 3.86. The Morgan fingerprint density at radius 2 is 2.05 bits per heavy atom. The van der Waals surface area contributed by atoms with Gasteiger partial charge >= 0.3 is 5.97 Å². The lowest BCUT2D eigenvalue weighted by Gasteiger charge is -2.09. The van der Waals surface area contributed by atoms with Crippen molar-refractivity contribution in [1.29, 1.82) is 0 Å². The number of rotatable bonds is 4. The van der Waals surface area contributed by atoms with E-state index in [-0.39, 0.29) is 18.4 Å². The number of benzene rings is 1. The first-order chi connectivity index (χ1) is 8.59. The van der Waals surface area contributed by atoms with Crippen molar-refractivity contribution >= 4 is 39.0 Å². The number of halogens is 2. The molecule has 2 aromatic rings. The normalized spacial score (nSPS) is 10.5. The molecule has 2 rings (SSSR count). The van der Waals surface area contributed by atoms with Crippen LogP contribution in [0.15, 0.2) is 24.3 Å². The highest BCUT2D eigenvalue weighted by Gasteiger charge is 2.17. The van der Waals surface area contributed by atoms with Crippen LogP contribution in [0.25, 0.3) is 10.1 Å². The molecule has 0 bridgehead atoms. The molecule has 0 saturated carbocycles. The Morgan fingerprint density at radius 3 is 2.68 bits per heavy atom. The smallest absolute Gasteiger partial charge is 0.349 e. The molecule has 0 N–H and O–H groups in total. The van der Waals surface area contributed by atoms with Gasteiger partial charge in [0.05, 0.1) is 5.02 Å². The highest BCUT2D eigenvalue weighted by Crippen LogP contribution is 2.35. The first kappa shape index (κ1) is 16.2. The van der Waals surface area contributed by atoms with Gasteiger partial charge in [0.15, 0.2) is 0 Å². The molecule has 3 nitrogen and oxygen atoms in total. The van der Waals surface area contributed by atoms with Gasteiger partial charge in [-0.3, -0.25) is 0 Å². The number of hydrogen-bond acceptors (Lipinski definition) is 4. The lowest BCUT2D eigenvalue weighted by atomic mass is 10.2. The van der Waals surface area contributed by atoms with Gasteiger partial charge < -0.3 is 22.0 Å². The fraction of sp³-hybridized carbons (Fsp3) is 0.308. The highest BCUT2D eigenvalue weighted by molar-refractivity contribution is 7.21. The second-order valence-electron chi connectivity index (χ2n) is 4.18. The number of ether oxygens (including phenoxy) is 1. The second kappa shape index (κ2) is 7.10. The lowest BCUT2D eigenvalue weighted by Crippen LogP contribution is -3.00. The van der Waals surface area contributed by atoms with E-state index >= 15 is 0 Å². The number of carbonyl (C=O) groups is 1. The molecule has 1 aromatic carbocycles. The van der Waals surface area contributed by atoms with E-state index in [2.05, 4.69) is 0 Å². The average Bonchev–Trinajstić information content (AvgIpc) is 2.67. The summed E-state index contributed by atoms with van der Waals surface area (Å²) in [5.74, 6) is -0.344. The van der Waals surface area contributed by atoms with Crippen molar-refractivity contribution in [2.24, 2.45) is 0 Å².